The molecule has 3 heteroatoms. The standard InChI is InChI=1S/C25H28O3/c1-25-15-22-17(13-19(25)9-12-23(25)26)7-8-18-14-20(10-11-21(18)22)28-24(27)16-5-3-2-4-6-16/h2-6,10-11,14,17,19,22-23,26H,7-9,12-13,15H2,1H3/t17-,19+,22+,23+,25-/m1/s1. The number of fused-ring (bicyclic) bond motifs is 4. The highest BCUT2D eigenvalue weighted by atomic mass is 16.5. The highest BCUT2D eigenvalue weighted by molar-refractivity contribution is 5.91. The van der Waals surface area contributed by atoms with Crippen molar-refractivity contribution in [2.45, 2.75) is 57.5 Å². The Morgan fingerprint density at radius 1 is 1.11 bits per heavy atom. The molecule has 0 aliphatic heterocycles. The number of esters is 1. The molecule has 2 saturated carbocycles. The van der Waals surface area contributed by atoms with Gasteiger partial charge >= 0.3 is 5.97 Å². The minimum Gasteiger partial charge on any atom is -0.423 e. The van der Waals surface area contributed by atoms with Gasteiger partial charge in [-0.2, -0.15) is 0 Å². The Morgan fingerprint density at radius 2 is 1.93 bits per heavy atom. The first-order valence-corrected chi connectivity index (χ1v) is 10.6. The van der Waals surface area contributed by atoms with Gasteiger partial charge in [0.2, 0.25) is 0 Å². The Balaban J connectivity index is 1.39. The summed E-state index contributed by atoms with van der Waals surface area (Å²) < 4.78 is 5.63. The highest BCUT2D eigenvalue weighted by Gasteiger charge is 2.52. The van der Waals surface area contributed by atoms with E-state index in [1.165, 1.54) is 30.4 Å². The maximum atomic E-state index is 12.4. The van der Waals surface area contributed by atoms with Crippen LogP contribution in [0, 0.1) is 17.3 Å². The van der Waals surface area contributed by atoms with Crippen LogP contribution in [0.1, 0.15) is 66.4 Å². The summed E-state index contributed by atoms with van der Waals surface area (Å²) in [7, 11) is 0. The topological polar surface area (TPSA) is 46.5 Å². The van der Waals surface area contributed by atoms with Crippen LogP contribution in [-0.4, -0.2) is 17.2 Å². The van der Waals surface area contributed by atoms with Crippen molar-refractivity contribution in [3.05, 3.63) is 65.2 Å². The van der Waals surface area contributed by atoms with Gasteiger partial charge in [-0.1, -0.05) is 31.2 Å². The Labute approximate surface area is 166 Å². The molecule has 2 fully saturated rings. The van der Waals surface area contributed by atoms with Gasteiger partial charge in [0, 0.05) is 0 Å². The lowest BCUT2D eigenvalue weighted by Crippen LogP contribution is -2.42. The molecular formula is C25H28O3. The van der Waals surface area contributed by atoms with Crippen LogP contribution in [0.2, 0.25) is 0 Å². The first kappa shape index (κ1) is 17.9. The van der Waals surface area contributed by atoms with Crippen molar-refractivity contribution in [2.24, 2.45) is 17.3 Å². The predicted molar refractivity (Wildman–Crippen MR) is 108 cm³/mol. The number of rotatable bonds is 2. The number of aliphatic hydroxyl groups excluding tert-OH is 1. The summed E-state index contributed by atoms with van der Waals surface area (Å²) in [5, 5.41) is 10.6. The Kier molecular flexibility index (Phi) is 4.31. The Morgan fingerprint density at radius 3 is 2.75 bits per heavy atom. The largest absolute Gasteiger partial charge is 0.423 e. The van der Waals surface area contributed by atoms with E-state index in [0.717, 1.165) is 25.2 Å². The van der Waals surface area contributed by atoms with E-state index in [4.69, 9.17) is 4.74 Å². The van der Waals surface area contributed by atoms with E-state index < -0.39 is 0 Å². The van der Waals surface area contributed by atoms with Gasteiger partial charge in [-0.3, -0.25) is 0 Å². The second-order valence-electron chi connectivity index (χ2n) is 9.26. The fourth-order valence-electron chi connectivity index (χ4n) is 6.14. The molecule has 3 nitrogen and oxygen atoms in total. The van der Waals surface area contributed by atoms with Gasteiger partial charge in [0.1, 0.15) is 5.75 Å². The predicted octanol–water partition coefficient (Wildman–Crippen LogP) is 5.12. The minimum absolute atomic E-state index is 0.0637. The van der Waals surface area contributed by atoms with Crippen LogP contribution in [0.25, 0.3) is 0 Å². The van der Waals surface area contributed by atoms with Gasteiger partial charge in [-0.25, -0.2) is 4.79 Å². The molecule has 0 heterocycles. The zero-order valence-corrected chi connectivity index (χ0v) is 16.4. The quantitative estimate of drug-likeness (QED) is 0.584. The van der Waals surface area contributed by atoms with Gasteiger partial charge < -0.3 is 9.84 Å². The summed E-state index contributed by atoms with van der Waals surface area (Å²) in [6, 6.07) is 15.3. The molecule has 3 aliphatic carbocycles. The number of carbonyl (C=O) groups is 1. The van der Waals surface area contributed by atoms with Crippen molar-refractivity contribution in [2.75, 3.05) is 0 Å². The van der Waals surface area contributed by atoms with Crippen molar-refractivity contribution >= 4 is 5.97 Å². The minimum atomic E-state index is -0.309. The van der Waals surface area contributed by atoms with Crippen LogP contribution in [0.4, 0.5) is 0 Å². The first-order chi connectivity index (χ1) is 13.5. The molecule has 0 bridgehead atoms. The third-order valence-electron chi connectivity index (χ3n) is 7.82. The van der Waals surface area contributed by atoms with Crippen LogP contribution in [0.3, 0.4) is 0 Å². The zero-order chi connectivity index (χ0) is 19.3. The van der Waals surface area contributed by atoms with E-state index in [2.05, 4.69) is 19.1 Å². The van der Waals surface area contributed by atoms with Crippen LogP contribution in [0.5, 0.6) is 5.75 Å². The molecule has 0 spiro atoms. The second-order valence-corrected chi connectivity index (χ2v) is 9.26. The third kappa shape index (κ3) is 2.88. The summed E-state index contributed by atoms with van der Waals surface area (Å²) >= 11 is 0. The van der Waals surface area contributed by atoms with Crippen LogP contribution >= 0.6 is 0 Å². The van der Waals surface area contributed by atoms with Crippen molar-refractivity contribution in [1.82, 2.24) is 0 Å². The van der Waals surface area contributed by atoms with Crippen molar-refractivity contribution in [1.29, 1.82) is 0 Å². The molecule has 146 valence electrons. The maximum absolute atomic E-state index is 12.4. The molecule has 0 unspecified atom stereocenters. The molecule has 0 amide bonds. The van der Waals surface area contributed by atoms with E-state index >= 15 is 0 Å². The molecular weight excluding hydrogens is 348 g/mol. The zero-order valence-electron chi connectivity index (χ0n) is 16.4. The number of aliphatic hydroxyl groups is 1. The van der Waals surface area contributed by atoms with Gasteiger partial charge in [-0.05, 0) is 97.1 Å². The van der Waals surface area contributed by atoms with Gasteiger partial charge in [0.25, 0.3) is 0 Å². The first-order valence-electron chi connectivity index (χ1n) is 10.6. The molecule has 3 aliphatic rings. The fourth-order valence-corrected chi connectivity index (χ4v) is 6.14. The molecule has 5 rings (SSSR count). The number of aryl methyl sites for hydroxylation is 1. The summed E-state index contributed by atoms with van der Waals surface area (Å²) in [5.74, 6) is 2.25. The van der Waals surface area contributed by atoms with Crippen LogP contribution in [0.15, 0.2) is 48.5 Å². The van der Waals surface area contributed by atoms with E-state index in [0.29, 0.717) is 23.1 Å². The van der Waals surface area contributed by atoms with Crippen LogP contribution in [-0.2, 0) is 6.42 Å². The van der Waals surface area contributed by atoms with E-state index in [1.54, 1.807) is 12.1 Å². The van der Waals surface area contributed by atoms with E-state index in [9.17, 15) is 9.90 Å². The average Bonchev–Trinajstić information content (AvgIpc) is 3.00. The summed E-state index contributed by atoms with van der Waals surface area (Å²) in [5.41, 5.74) is 3.36. The van der Waals surface area contributed by atoms with Gasteiger partial charge in [0.15, 0.2) is 0 Å². The van der Waals surface area contributed by atoms with Crippen molar-refractivity contribution in [3.8, 4) is 5.75 Å². The highest BCUT2D eigenvalue weighted by Crippen LogP contribution is 2.60. The Bertz CT molecular complexity index is 890. The summed E-state index contributed by atoms with van der Waals surface area (Å²) in [4.78, 5) is 12.4. The van der Waals surface area contributed by atoms with Crippen LogP contribution < -0.4 is 4.74 Å². The molecule has 1 N–H and O–H groups in total. The van der Waals surface area contributed by atoms with E-state index in [-0.39, 0.29) is 17.5 Å². The molecule has 5 atom stereocenters. The third-order valence-corrected chi connectivity index (χ3v) is 7.82. The SMILES string of the molecule is C[C@@]12C[C@@H]3c4ccc(OC(=O)c5ccccc5)cc4CC[C@@H]3C[C@@H]1CC[C@@H]2O. The lowest BCUT2D eigenvalue weighted by atomic mass is 9.56. The molecule has 28 heavy (non-hydrogen) atoms. The van der Waals surface area contributed by atoms with Gasteiger partial charge in [0.05, 0.1) is 11.7 Å². The summed E-state index contributed by atoms with van der Waals surface area (Å²) in [6.07, 6.45) is 6.58. The monoisotopic (exact) mass is 376 g/mol. The number of ether oxygens (including phenoxy) is 1. The molecule has 0 radical (unpaired) electrons. The lowest BCUT2D eigenvalue weighted by Gasteiger charge is -2.49. The van der Waals surface area contributed by atoms with E-state index in [1.807, 2.05) is 24.3 Å². The molecule has 0 saturated heterocycles. The lowest BCUT2D eigenvalue weighted by molar-refractivity contribution is -0.0132. The number of hydrogen-bond acceptors (Lipinski definition) is 3. The second kappa shape index (κ2) is 6.73. The molecule has 2 aromatic carbocycles. The van der Waals surface area contributed by atoms with Crippen molar-refractivity contribution < 1.29 is 14.6 Å². The number of benzene rings is 2. The fraction of sp³-hybridized carbons (Fsp3) is 0.480. The van der Waals surface area contributed by atoms with Gasteiger partial charge in [-0.15, -0.1) is 0 Å². The number of hydrogen-bond donors (Lipinski definition) is 1. The normalized spacial score (nSPS) is 33.5. The summed E-state index contributed by atoms with van der Waals surface area (Å²) in [6.45, 7) is 2.30. The Hall–Kier alpha value is -2.13. The average molecular weight is 376 g/mol. The molecule has 0 aromatic heterocycles. The van der Waals surface area contributed by atoms with Crippen molar-refractivity contribution in [3.63, 3.8) is 0 Å². The maximum Gasteiger partial charge on any atom is 0.343 e. The molecule has 2 aromatic rings. The number of carbonyl (C=O) groups excluding carboxylic acids is 1. The smallest absolute Gasteiger partial charge is 0.343 e.